The van der Waals surface area contributed by atoms with Crippen LogP contribution in [0.5, 0.6) is 5.75 Å². The van der Waals surface area contributed by atoms with Crippen LogP contribution < -0.4 is 9.64 Å². The fourth-order valence-corrected chi connectivity index (χ4v) is 3.33. The van der Waals surface area contributed by atoms with Crippen LogP contribution in [0.25, 0.3) is 5.57 Å². The molecule has 0 spiro atoms. The first kappa shape index (κ1) is 17.3. The Hall–Kier alpha value is -3.12. The molecule has 0 unspecified atom stereocenters. The quantitative estimate of drug-likeness (QED) is 0.619. The van der Waals surface area contributed by atoms with E-state index in [9.17, 15) is 9.59 Å². The number of methoxy groups -OCH3 is 1. The number of carbonyl (C=O) groups excluding carboxylic acids is 2. The SMILES string of the molecule is COc1ccc(N2C(=O)C(=CN3CCOCC3)c3ccccc3C2=O)cc1. The van der Waals surface area contributed by atoms with Crippen LogP contribution in [0, 0.1) is 0 Å². The van der Waals surface area contributed by atoms with E-state index in [1.165, 1.54) is 4.90 Å². The van der Waals surface area contributed by atoms with Crippen molar-refractivity contribution in [1.82, 2.24) is 4.90 Å². The van der Waals surface area contributed by atoms with Gasteiger partial charge in [0.1, 0.15) is 5.75 Å². The van der Waals surface area contributed by atoms with Crippen LogP contribution in [-0.4, -0.2) is 50.1 Å². The summed E-state index contributed by atoms with van der Waals surface area (Å²) in [5.41, 5.74) is 2.23. The number of morpholine rings is 1. The van der Waals surface area contributed by atoms with Crippen LogP contribution in [0.1, 0.15) is 15.9 Å². The number of anilines is 1. The fourth-order valence-electron chi connectivity index (χ4n) is 3.33. The third kappa shape index (κ3) is 3.19. The van der Waals surface area contributed by atoms with Crippen LogP contribution >= 0.6 is 0 Å². The van der Waals surface area contributed by atoms with Gasteiger partial charge < -0.3 is 14.4 Å². The Morgan fingerprint density at radius 3 is 2.26 bits per heavy atom. The second kappa shape index (κ2) is 7.25. The van der Waals surface area contributed by atoms with Crippen molar-refractivity contribution >= 4 is 23.1 Å². The molecule has 0 bridgehead atoms. The molecular formula is C21H20N2O4. The standard InChI is InChI=1S/C21H20N2O4/c1-26-16-8-6-15(7-9-16)23-20(24)18-5-3-2-4-17(18)19(21(23)25)14-22-10-12-27-13-11-22/h2-9,14H,10-13H2,1H3. The number of fused-ring (bicyclic) bond motifs is 1. The molecule has 1 fully saturated rings. The minimum absolute atomic E-state index is 0.320. The van der Waals surface area contributed by atoms with Crippen molar-refractivity contribution in [3.8, 4) is 5.75 Å². The zero-order valence-corrected chi connectivity index (χ0v) is 15.1. The van der Waals surface area contributed by atoms with Crippen LogP contribution in [0.3, 0.4) is 0 Å². The first-order valence-corrected chi connectivity index (χ1v) is 8.85. The van der Waals surface area contributed by atoms with E-state index in [0.717, 1.165) is 13.1 Å². The maximum atomic E-state index is 13.3. The van der Waals surface area contributed by atoms with Crippen molar-refractivity contribution in [2.45, 2.75) is 0 Å². The number of hydrogen-bond donors (Lipinski definition) is 0. The molecule has 27 heavy (non-hydrogen) atoms. The average molecular weight is 364 g/mol. The molecule has 4 rings (SSSR count). The van der Waals surface area contributed by atoms with Gasteiger partial charge in [-0.15, -0.1) is 0 Å². The number of amides is 2. The van der Waals surface area contributed by atoms with Crippen LogP contribution in [0.2, 0.25) is 0 Å². The van der Waals surface area contributed by atoms with Crippen molar-refractivity contribution in [2.24, 2.45) is 0 Å². The van der Waals surface area contributed by atoms with E-state index >= 15 is 0 Å². The summed E-state index contributed by atoms with van der Waals surface area (Å²) in [4.78, 5) is 29.6. The van der Waals surface area contributed by atoms with Crippen molar-refractivity contribution < 1.29 is 19.1 Å². The van der Waals surface area contributed by atoms with Gasteiger partial charge in [0.05, 0.1) is 31.6 Å². The topological polar surface area (TPSA) is 59.1 Å². The summed E-state index contributed by atoms with van der Waals surface area (Å²) in [6.45, 7) is 2.69. The van der Waals surface area contributed by atoms with Crippen molar-refractivity contribution in [1.29, 1.82) is 0 Å². The number of nitrogens with zero attached hydrogens (tertiary/aromatic N) is 2. The number of rotatable bonds is 3. The van der Waals surface area contributed by atoms with Gasteiger partial charge in [0.2, 0.25) is 0 Å². The fraction of sp³-hybridized carbons (Fsp3) is 0.238. The van der Waals surface area contributed by atoms with Crippen molar-refractivity contribution in [3.05, 3.63) is 65.9 Å². The van der Waals surface area contributed by atoms with Crippen LogP contribution in [0.15, 0.2) is 54.7 Å². The highest BCUT2D eigenvalue weighted by atomic mass is 16.5. The zero-order chi connectivity index (χ0) is 18.8. The van der Waals surface area contributed by atoms with E-state index < -0.39 is 0 Å². The number of benzene rings is 2. The molecule has 6 nitrogen and oxygen atoms in total. The predicted molar refractivity (Wildman–Crippen MR) is 102 cm³/mol. The summed E-state index contributed by atoms with van der Waals surface area (Å²) in [7, 11) is 1.58. The average Bonchev–Trinajstić information content (AvgIpc) is 2.72. The first-order chi connectivity index (χ1) is 13.2. The van der Waals surface area contributed by atoms with E-state index in [-0.39, 0.29) is 11.8 Å². The Morgan fingerprint density at radius 2 is 1.59 bits per heavy atom. The van der Waals surface area contributed by atoms with E-state index in [1.807, 2.05) is 24.4 Å². The van der Waals surface area contributed by atoms with Crippen LogP contribution in [0.4, 0.5) is 5.69 Å². The van der Waals surface area contributed by atoms with Gasteiger partial charge in [-0.2, -0.15) is 0 Å². The van der Waals surface area contributed by atoms with Gasteiger partial charge in [-0.1, -0.05) is 18.2 Å². The molecule has 2 aliphatic heterocycles. The Morgan fingerprint density at radius 1 is 0.926 bits per heavy atom. The van der Waals surface area contributed by atoms with Gasteiger partial charge in [0, 0.05) is 30.4 Å². The predicted octanol–water partition coefficient (Wildman–Crippen LogP) is 2.56. The molecule has 0 atom stereocenters. The lowest BCUT2D eigenvalue weighted by Crippen LogP contribution is -2.43. The minimum atomic E-state index is -0.324. The molecular weight excluding hydrogens is 344 g/mol. The summed E-state index contributed by atoms with van der Waals surface area (Å²) in [5.74, 6) is 0.0235. The molecule has 0 aromatic heterocycles. The molecule has 2 amide bonds. The smallest absolute Gasteiger partial charge is 0.267 e. The normalized spacial score (nSPS) is 18.6. The number of ether oxygens (including phenoxy) is 2. The molecule has 2 aromatic rings. The van der Waals surface area contributed by atoms with Gasteiger partial charge in [-0.05, 0) is 30.3 Å². The monoisotopic (exact) mass is 364 g/mol. The second-order valence-electron chi connectivity index (χ2n) is 6.38. The molecule has 0 N–H and O–H groups in total. The molecule has 6 heteroatoms. The largest absolute Gasteiger partial charge is 0.497 e. The number of hydrogen-bond acceptors (Lipinski definition) is 5. The lowest BCUT2D eigenvalue weighted by Gasteiger charge is -2.31. The van der Waals surface area contributed by atoms with Gasteiger partial charge in [-0.3, -0.25) is 9.59 Å². The Balaban J connectivity index is 1.78. The van der Waals surface area contributed by atoms with E-state index in [2.05, 4.69) is 4.90 Å². The summed E-state index contributed by atoms with van der Waals surface area (Å²) in [5, 5.41) is 0. The maximum Gasteiger partial charge on any atom is 0.267 e. The highest BCUT2D eigenvalue weighted by Gasteiger charge is 2.36. The number of carbonyl (C=O) groups is 2. The zero-order valence-electron chi connectivity index (χ0n) is 15.1. The summed E-state index contributed by atoms with van der Waals surface area (Å²) in [6.07, 6.45) is 1.85. The summed E-state index contributed by atoms with van der Waals surface area (Å²) >= 11 is 0. The molecule has 2 heterocycles. The van der Waals surface area contributed by atoms with E-state index in [1.54, 1.807) is 37.4 Å². The van der Waals surface area contributed by atoms with Gasteiger partial charge in [0.25, 0.3) is 11.8 Å². The lowest BCUT2D eigenvalue weighted by atomic mass is 9.93. The van der Waals surface area contributed by atoms with Crippen molar-refractivity contribution in [3.63, 3.8) is 0 Å². The Bertz CT molecular complexity index is 899. The highest BCUT2D eigenvalue weighted by molar-refractivity contribution is 6.41. The molecule has 2 aliphatic rings. The highest BCUT2D eigenvalue weighted by Crippen LogP contribution is 2.33. The minimum Gasteiger partial charge on any atom is -0.497 e. The third-order valence-electron chi connectivity index (χ3n) is 4.77. The molecule has 138 valence electrons. The molecule has 0 radical (unpaired) electrons. The second-order valence-corrected chi connectivity index (χ2v) is 6.38. The maximum absolute atomic E-state index is 13.3. The van der Waals surface area contributed by atoms with Gasteiger partial charge in [0.15, 0.2) is 0 Å². The molecule has 0 aliphatic carbocycles. The summed E-state index contributed by atoms with van der Waals surface area (Å²) < 4.78 is 10.6. The van der Waals surface area contributed by atoms with E-state index in [0.29, 0.717) is 41.4 Å². The molecule has 2 aromatic carbocycles. The van der Waals surface area contributed by atoms with Gasteiger partial charge in [-0.25, -0.2) is 4.90 Å². The van der Waals surface area contributed by atoms with E-state index in [4.69, 9.17) is 9.47 Å². The van der Waals surface area contributed by atoms with Crippen molar-refractivity contribution in [2.75, 3.05) is 38.3 Å². The van der Waals surface area contributed by atoms with Gasteiger partial charge >= 0.3 is 0 Å². The Kier molecular flexibility index (Phi) is 4.64. The third-order valence-corrected chi connectivity index (χ3v) is 4.77. The first-order valence-electron chi connectivity index (χ1n) is 8.85. The lowest BCUT2D eigenvalue weighted by molar-refractivity contribution is -0.112. The number of imide groups is 1. The van der Waals surface area contributed by atoms with Crippen LogP contribution in [-0.2, 0) is 9.53 Å². The molecule has 0 saturated carbocycles. The Labute approximate surface area is 157 Å². The summed E-state index contributed by atoms with van der Waals surface area (Å²) in [6, 6.07) is 14.1. The molecule has 1 saturated heterocycles.